The van der Waals surface area contributed by atoms with Crippen LogP contribution >= 0.6 is 11.8 Å². The highest BCUT2D eigenvalue weighted by molar-refractivity contribution is 7.98. The van der Waals surface area contributed by atoms with Crippen molar-refractivity contribution in [1.82, 2.24) is 9.97 Å². The second-order valence-corrected chi connectivity index (χ2v) is 5.15. The summed E-state index contributed by atoms with van der Waals surface area (Å²) in [7, 11) is 0. The highest BCUT2D eigenvalue weighted by Gasteiger charge is 2.04. The van der Waals surface area contributed by atoms with Gasteiger partial charge >= 0.3 is 0 Å². The van der Waals surface area contributed by atoms with E-state index in [1.807, 2.05) is 25.1 Å². The van der Waals surface area contributed by atoms with Crippen molar-refractivity contribution in [2.24, 2.45) is 0 Å². The van der Waals surface area contributed by atoms with Crippen LogP contribution in [-0.2, 0) is 12.4 Å². The first-order valence-corrected chi connectivity index (χ1v) is 6.80. The SMILES string of the molecule is Cc1cc(CO)nc(CSc2ccccc2C)n1. The van der Waals surface area contributed by atoms with Crippen molar-refractivity contribution in [2.45, 2.75) is 31.1 Å². The van der Waals surface area contributed by atoms with E-state index in [4.69, 9.17) is 5.11 Å². The zero-order chi connectivity index (χ0) is 13.0. The molecule has 0 atom stereocenters. The molecule has 1 aromatic heterocycles. The van der Waals surface area contributed by atoms with Gasteiger partial charge in [-0.2, -0.15) is 0 Å². The molecule has 1 N–H and O–H groups in total. The fourth-order valence-electron chi connectivity index (χ4n) is 1.71. The van der Waals surface area contributed by atoms with Crippen LogP contribution in [0.2, 0.25) is 0 Å². The second-order valence-electron chi connectivity index (χ2n) is 4.13. The van der Waals surface area contributed by atoms with Crippen molar-refractivity contribution in [2.75, 3.05) is 0 Å². The summed E-state index contributed by atoms with van der Waals surface area (Å²) in [6.07, 6.45) is 0. The van der Waals surface area contributed by atoms with Gasteiger partial charge in [-0.15, -0.1) is 11.8 Å². The van der Waals surface area contributed by atoms with Crippen molar-refractivity contribution >= 4 is 11.8 Å². The summed E-state index contributed by atoms with van der Waals surface area (Å²) in [4.78, 5) is 9.94. The van der Waals surface area contributed by atoms with E-state index in [1.54, 1.807) is 11.8 Å². The summed E-state index contributed by atoms with van der Waals surface area (Å²) in [6, 6.07) is 10.1. The van der Waals surface area contributed by atoms with Crippen molar-refractivity contribution < 1.29 is 5.11 Å². The number of hydrogen-bond donors (Lipinski definition) is 1. The summed E-state index contributed by atoms with van der Waals surface area (Å²) < 4.78 is 0. The largest absolute Gasteiger partial charge is 0.390 e. The lowest BCUT2D eigenvalue weighted by atomic mass is 10.2. The number of aryl methyl sites for hydroxylation is 2. The Morgan fingerprint density at radius 1 is 1.17 bits per heavy atom. The lowest BCUT2D eigenvalue weighted by molar-refractivity contribution is 0.276. The van der Waals surface area contributed by atoms with Crippen LogP contribution in [0, 0.1) is 13.8 Å². The van der Waals surface area contributed by atoms with Gasteiger partial charge in [0, 0.05) is 10.6 Å². The van der Waals surface area contributed by atoms with E-state index < -0.39 is 0 Å². The molecule has 0 spiro atoms. The van der Waals surface area contributed by atoms with Crippen LogP contribution in [0.25, 0.3) is 0 Å². The zero-order valence-corrected chi connectivity index (χ0v) is 11.4. The highest BCUT2D eigenvalue weighted by atomic mass is 32.2. The lowest BCUT2D eigenvalue weighted by Gasteiger charge is -2.06. The molecule has 0 aliphatic carbocycles. The smallest absolute Gasteiger partial charge is 0.139 e. The van der Waals surface area contributed by atoms with Gasteiger partial charge in [-0.1, -0.05) is 18.2 Å². The predicted molar refractivity (Wildman–Crippen MR) is 73.4 cm³/mol. The predicted octanol–water partition coefficient (Wildman–Crippen LogP) is 2.88. The maximum absolute atomic E-state index is 9.12. The van der Waals surface area contributed by atoms with Gasteiger partial charge in [0.2, 0.25) is 0 Å². The van der Waals surface area contributed by atoms with Gasteiger partial charge in [0.1, 0.15) is 5.82 Å². The van der Waals surface area contributed by atoms with Gasteiger partial charge in [0.25, 0.3) is 0 Å². The molecule has 1 heterocycles. The normalized spacial score (nSPS) is 10.6. The van der Waals surface area contributed by atoms with Crippen LogP contribution in [0.4, 0.5) is 0 Å². The van der Waals surface area contributed by atoms with Gasteiger partial charge in [0.15, 0.2) is 0 Å². The standard InChI is InChI=1S/C14H16N2OS/c1-10-5-3-4-6-13(10)18-9-14-15-11(2)7-12(8-17)16-14/h3-7,17H,8-9H2,1-2H3. The monoisotopic (exact) mass is 260 g/mol. The number of nitrogens with zero attached hydrogens (tertiary/aromatic N) is 2. The molecular formula is C14H16N2OS. The summed E-state index contributed by atoms with van der Waals surface area (Å²) >= 11 is 1.72. The zero-order valence-electron chi connectivity index (χ0n) is 10.6. The van der Waals surface area contributed by atoms with Crippen molar-refractivity contribution in [3.05, 3.63) is 53.1 Å². The van der Waals surface area contributed by atoms with E-state index in [1.165, 1.54) is 10.5 Å². The quantitative estimate of drug-likeness (QED) is 0.859. The first-order chi connectivity index (χ1) is 8.69. The number of aliphatic hydroxyl groups is 1. The molecule has 0 saturated heterocycles. The summed E-state index contributed by atoms with van der Waals surface area (Å²) in [5.74, 6) is 1.49. The molecule has 4 heteroatoms. The highest BCUT2D eigenvalue weighted by Crippen LogP contribution is 2.24. The van der Waals surface area contributed by atoms with E-state index in [-0.39, 0.29) is 6.61 Å². The van der Waals surface area contributed by atoms with Crippen LogP contribution in [0.1, 0.15) is 22.8 Å². The summed E-state index contributed by atoms with van der Waals surface area (Å²) in [5, 5.41) is 9.12. The third kappa shape index (κ3) is 3.31. The Morgan fingerprint density at radius 2 is 1.94 bits per heavy atom. The molecule has 2 aromatic rings. The number of hydrogen-bond acceptors (Lipinski definition) is 4. The van der Waals surface area contributed by atoms with Crippen molar-refractivity contribution in [3.63, 3.8) is 0 Å². The van der Waals surface area contributed by atoms with Crippen molar-refractivity contribution in [1.29, 1.82) is 0 Å². The van der Waals surface area contributed by atoms with Gasteiger partial charge in [-0.05, 0) is 31.5 Å². The van der Waals surface area contributed by atoms with Crippen LogP contribution in [0.5, 0.6) is 0 Å². The molecule has 1 aromatic carbocycles. The second kappa shape index (κ2) is 5.98. The Kier molecular flexibility index (Phi) is 4.33. The first kappa shape index (κ1) is 13.1. The number of aliphatic hydroxyl groups excluding tert-OH is 1. The average molecular weight is 260 g/mol. The maximum atomic E-state index is 9.12. The van der Waals surface area contributed by atoms with Gasteiger partial charge in [-0.25, -0.2) is 9.97 Å². The van der Waals surface area contributed by atoms with Crippen molar-refractivity contribution in [3.8, 4) is 0 Å². The molecule has 18 heavy (non-hydrogen) atoms. The van der Waals surface area contributed by atoms with Crippen LogP contribution < -0.4 is 0 Å². The third-order valence-electron chi connectivity index (χ3n) is 2.57. The molecule has 0 aliphatic heterocycles. The topological polar surface area (TPSA) is 46.0 Å². The van der Waals surface area contributed by atoms with E-state index in [2.05, 4.69) is 29.0 Å². The molecular weight excluding hydrogens is 244 g/mol. The number of thioether (sulfide) groups is 1. The Hall–Kier alpha value is -1.39. The molecule has 0 aliphatic rings. The Balaban J connectivity index is 2.11. The molecule has 0 saturated carbocycles. The molecule has 0 unspecified atom stereocenters. The summed E-state index contributed by atoms with van der Waals surface area (Å²) in [6.45, 7) is 3.98. The van der Waals surface area contributed by atoms with Crippen LogP contribution in [0.3, 0.4) is 0 Å². The number of rotatable bonds is 4. The third-order valence-corrected chi connectivity index (χ3v) is 3.74. The maximum Gasteiger partial charge on any atom is 0.139 e. The lowest BCUT2D eigenvalue weighted by Crippen LogP contribution is -2.00. The first-order valence-electron chi connectivity index (χ1n) is 5.82. The Morgan fingerprint density at radius 3 is 2.67 bits per heavy atom. The van der Waals surface area contributed by atoms with E-state index in [0.29, 0.717) is 5.69 Å². The molecule has 2 rings (SSSR count). The Labute approximate surface area is 111 Å². The van der Waals surface area contributed by atoms with E-state index >= 15 is 0 Å². The van der Waals surface area contributed by atoms with Gasteiger partial charge < -0.3 is 5.11 Å². The molecule has 0 radical (unpaired) electrons. The fraction of sp³-hybridized carbons (Fsp3) is 0.286. The molecule has 0 fully saturated rings. The molecule has 94 valence electrons. The average Bonchev–Trinajstić information content (AvgIpc) is 2.37. The van der Waals surface area contributed by atoms with Gasteiger partial charge in [0.05, 0.1) is 18.1 Å². The fourth-order valence-corrected chi connectivity index (χ4v) is 2.59. The van der Waals surface area contributed by atoms with E-state index in [0.717, 1.165) is 17.3 Å². The number of aromatic nitrogens is 2. The Bertz CT molecular complexity index is 543. The number of benzene rings is 1. The van der Waals surface area contributed by atoms with Crippen LogP contribution in [-0.4, -0.2) is 15.1 Å². The minimum Gasteiger partial charge on any atom is -0.390 e. The molecule has 0 bridgehead atoms. The minimum absolute atomic E-state index is 0.0363. The van der Waals surface area contributed by atoms with Gasteiger partial charge in [-0.3, -0.25) is 0 Å². The summed E-state index contributed by atoms with van der Waals surface area (Å²) in [5.41, 5.74) is 2.84. The van der Waals surface area contributed by atoms with E-state index in [9.17, 15) is 0 Å². The minimum atomic E-state index is -0.0363. The van der Waals surface area contributed by atoms with Crippen LogP contribution in [0.15, 0.2) is 35.2 Å². The molecule has 0 amide bonds. The molecule has 3 nitrogen and oxygen atoms in total.